The van der Waals surface area contributed by atoms with E-state index in [1.54, 1.807) is 0 Å². The van der Waals surface area contributed by atoms with Crippen LogP contribution in [0.4, 0.5) is 0 Å². The van der Waals surface area contributed by atoms with Crippen molar-refractivity contribution in [3.8, 4) is 34.0 Å². The smallest absolute Gasteiger partial charge is 0.306 e. The molecule has 0 bridgehead atoms. The third kappa shape index (κ3) is 3.79. The molecule has 0 saturated heterocycles. The summed E-state index contributed by atoms with van der Waals surface area (Å²) in [6.45, 7) is 1.68. The van der Waals surface area contributed by atoms with Crippen molar-refractivity contribution in [2.45, 2.75) is 32.0 Å². The number of fused-ring (bicyclic) bond motifs is 1. The molecule has 4 aromatic rings. The van der Waals surface area contributed by atoms with Crippen LogP contribution in [-0.4, -0.2) is 32.2 Å². The van der Waals surface area contributed by atoms with Gasteiger partial charge in [0.1, 0.15) is 0 Å². The third-order valence-corrected chi connectivity index (χ3v) is 7.23. The second-order valence-electron chi connectivity index (χ2n) is 9.03. The number of benzene rings is 3. The van der Waals surface area contributed by atoms with Crippen LogP contribution in [0.5, 0.6) is 0 Å². The van der Waals surface area contributed by atoms with Gasteiger partial charge in [-0.15, -0.1) is 0 Å². The first kappa shape index (κ1) is 21.1. The largest absolute Gasteiger partial charge is 0.481 e. The van der Waals surface area contributed by atoms with Gasteiger partial charge in [-0.25, -0.2) is 0 Å². The van der Waals surface area contributed by atoms with E-state index in [9.17, 15) is 4.79 Å². The second kappa shape index (κ2) is 8.38. The fourth-order valence-corrected chi connectivity index (χ4v) is 5.15. The Morgan fingerprint density at radius 2 is 1.71 bits per heavy atom. The molecule has 1 saturated carbocycles. The molecular weight excluding hydrogens is 450 g/mol. The van der Waals surface area contributed by atoms with Crippen molar-refractivity contribution in [3.05, 3.63) is 82.9 Å². The molecule has 1 N–H and O–H groups in total. The fraction of sp³-hybridized carbons (Fsp3) is 0.222. The molecule has 0 amide bonds. The minimum absolute atomic E-state index is 0.197. The van der Waals surface area contributed by atoms with Crippen LogP contribution in [0.2, 0.25) is 5.02 Å². The molecule has 1 aromatic heterocycles. The van der Waals surface area contributed by atoms with Crippen LogP contribution in [-0.2, 0) is 17.9 Å². The van der Waals surface area contributed by atoms with Gasteiger partial charge in [0.15, 0.2) is 0 Å². The van der Waals surface area contributed by atoms with E-state index in [1.807, 2.05) is 54.6 Å². The van der Waals surface area contributed by atoms with E-state index in [0.29, 0.717) is 22.8 Å². The molecule has 0 unspecified atom stereocenters. The predicted octanol–water partition coefficient (Wildman–Crippen LogP) is 5.90. The van der Waals surface area contributed by atoms with Crippen molar-refractivity contribution in [3.63, 3.8) is 0 Å². The standard InChI is InChI=1S/C27H22ClN3O3/c28-24-13-18(8-9-23(24)16-4-2-1-3-5-16)26-29-25(30-34-26)17-6-7-19-14-31(15-21(19)10-17)22-11-20(12-22)27(32)33/h1-10,13,20,22H,11-12,14-15H2,(H,32,33). The first-order valence-electron chi connectivity index (χ1n) is 11.3. The summed E-state index contributed by atoms with van der Waals surface area (Å²) in [7, 11) is 0. The molecule has 6 rings (SSSR count). The van der Waals surface area contributed by atoms with E-state index < -0.39 is 5.97 Å². The minimum atomic E-state index is -0.681. The van der Waals surface area contributed by atoms with Gasteiger partial charge in [0.2, 0.25) is 5.82 Å². The number of rotatable bonds is 5. The molecule has 0 atom stereocenters. The lowest BCUT2D eigenvalue weighted by molar-refractivity contribution is -0.147. The maximum absolute atomic E-state index is 11.1. The number of aliphatic carboxylic acids is 1. The van der Waals surface area contributed by atoms with E-state index in [-0.39, 0.29) is 5.92 Å². The van der Waals surface area contributed by atoms with Gasteiger partial charge in [0, 0.05) is 40.8 Å². The van der Waals surface area contributed by atoms with Gasteiger partial charge >= 0.3 is 5.97 Å². The van der Waals surface area contributed by atoms with Crippen molar-refractivity contribution in [2.24, 2.45) is 5.92 Å². The van der Waals surface area contributed by atoms with Crippen LogP contribution in [0.15, 0.2) is 71.3 Å². The van der Waals surface area contributed by atoms with Crippen molar-refractivity contribution < 1.29 is 14.4 Å². The zero-order chi connectivity index (χ0) is 23.2. The number of hydrogen-bond donors (Lipinski definition) is 1. The van der Waals surface area contributed by atoms with Crippen molar-refractivity contribution in [1.29, 1.82) is 0 Å². The first-order chi connectivity index (χ1) is 16.5. The highest BCUT2D eigenvalue weighted by molar-refractivity contribution is 6.33. The van der Waals surface area contributed by atoms with Gasteiger partial charge in [0.05, 0.1) is 5.92 Å². The number of carboxylic acid groups (broad SMARTS) is 1. The lowest BCUT2D eigenvalue weighted by Crippen LogP contribution is -2.44. The molecule has 2 aliphatic rings. The van der Waals surface area contributed by atoms with Gasteiger partial charge in [0.25, 0.3) is 5.89 Å². The number of nitrogens with zero attached hydrogens (tertiary/aromatic N) is 3. The summed E-state index contributed by atoms with van der Waals surface area (Å²) in [6, 6.07) is 22.3. The first-order valence-corrected chi connectivity index (χ1v) is 11.7. The SMILES string of the molecule is O=C(O)C1CC(N2Cc3ccc(-c4noc(-c5ccc(-c6ccccc6)c(Cl)c5)n4)cc3C2)C1. The topological polar surface area (TPSA) is 79.5 Å². The summed E-state index contributed by atoms with van der Waals surface area (Å²) in [6.07, 6.45) is 1.46. The van der Waals surface area contributed by atoms with Crippen molar-refractivity contribution >= 4 is 17.6 Å². The van der Waals surface area contributed by atoms with E-state index in [4.69, 9.17) is 21.2 Å². The highest BCUT2D eigenvalue weighted by atomic mass is 35.5. The van der Waals surface area contributed by atoms with E-state index in [0.717, 1.165) is 48.2 Å². The average molecular weight is 472 g/mol. The fourth-order valence-electron chi connectivity index (χ4n) is 4.86. The van der Waals surface area contributed by atoms with Gasteiger partial charge < -0.3 is 9.63 Å². The average Bonchev–Trinajstić information content (AvgIpc) is 3.45. The monoisotopic (exact) mass is 471 g/mol. The molecule has 34 heavy (non-hydrogen) atoms. The maximum atomic E-state index is 11.1. The molecule has 2 heterocycles. The molecule has 0 radical (unpaired) electrons. The van der Waals surface area contributed by atoms with Crippen LogP contribution >= 0.6 is 11.6 Å². The second-order valence-corrected chi connectivity index (χ2v) is 9.44. The zero-order valence-corrected chi connectivity index (χ0v) is 19.1. The predicted molar refractivity (Wildman–Crippen MR) is 129 cm³/mol. The number of hydrogen-bond acceptors (Lipinski definition) is 5. The summed E-state index contributed by atoms with van der Waals surface area (Å²) in [5.41, 5.74) is 6.19. The Morgan fingerprint density at radius 1 is 0.941 bits per heavy atom. The van der Waals surface area contributed by atoms with Gasteiger partial charge in [-0.05, 0) is 47.7 Å². The maximum Gasteiger partial charge on any atom is 0.306 e. The normalized spacial score (nSPS) is 19.6. The van der Waals surface area contributed by atoms with Gasteiger partial charge in [-0.1, -0.05) is 65.3 Å². The van der Waals surface area contributed by atoms with Crippen LogP contribution in [0.25, 0.3) is 34.0 Å². The van der Waals surface area contributed by atoms with Crippen LogP contribution < -0.4 is 0 Å². The van der Waals surface area contributed by atoms with Crippen LogP contribution in [0.3, 0.4) is 0 Å². The number of aromatic nitrogens is 2. The molecule has 1 fully saturated rings. The Bertz CT molecular complexity index is 1380. The summed E-state index contributed by atoms with van der Waals surface area (Å²) in [5, 5.41) is 14.0. The van der Waals surface area contributed by atoms with Crippen molar-refractivity contribution in [2.75, 3.05) is 0 Å². The van der Waals surface area contributed by atoms with Crippen LogP contribution in [0.1, 0.15) is 24.0 Å². The molecule has 1 aliphatic heterocycles. The number of carboxylic acids is 1. The minimum Gasteiger partial charge on any atom is -0.481 e. The summed E-state index contributed by atoms with van der Waals surface area (Å²) in [4.78, 5) is 18.1. The van der Waals surface area contributed by atoms with E-state index >= 15 is 0 Å². The lowest BCUT2D eigenvalue weighted by Gasteiger charge is -2.39. The number of carbonyl (C=O) groups is 1. The van der Waals surface area contributed by atoms with E-state index in [2.05, 4.69) is 27.2 Å². The summed E-state index contributed by atoms with van der Waals surface area (Å²) >= 11 is 6.56. The van der Waals surface area contributed by atoms with Gasteiger partial charge in [-0.3, -0.25) is 9.69 Å². The third-order valence-electron chi connectivity index (χ3n) is 6.92. The Hall–Kier alpha value is -3.48. The lowest BCUT2D eigenvalue weighted by atomic mass is 9.79. The van der Waals surface area contributed by atoms with Crippen molar-refractivity contribution in [1.82, 2.24) is 15.0 Å². The van der Waals surface area contributed by atoms with Crippen LogP contribution in [0, 0.1) is 5.92 Å². The number of halogens is 1. The zero-order valence-electron chi connectivity index (χ0n) is 18.3. The molecule has 170 valence electrons. The van der Waals surface area contributed by atoms with E-state index in [1.165, 1.54) is 11.1 Å². The molecule has 6 nitrogen and oxygen atoms in total. The molecule has 0 spiro atoms. The summed E-state index contributed by atoms with van der Waals surface area (Å²) in [5.74, 6) is 0.0818. The Morgan fingerprint density at radius 3 is 2.47 bits per heavy atom. The Labute approximate surface area is 201 Å². The molecule has 7 heteroatoms. The highest BCUT2D eigenvalue weighted by Gasteiger charge is 2.39. The quantitative estimate of drug-likeness (QED) is 0.390. The molecule has 3 aromatic carbocycles. The molecular formula is C27H22ClN3O3. The summed E-state index contributed by atoms with van der Waals surface area (Å²) < 4.78 is 5.56. The Balaban J connectivity index is 1.19. The Kier molecular flexibility index (Phi) is 5.20. The highest BCUT2D eigenvalue weighted by Crippen LogP contribution is 2.38. The van der Waals surface area contributed by atoms with Gasteiger partial charge in [-0.2, -0.15) is 4.98 Å². The molecule has 1 aliphatic carbocycles.